The molecule has 0 bridgehead atoms. The number of ether oxygens (including phenoxy) is 1. The second-order valence-corrected chi connectivity index (χ2v) is 6.10. The summed E-state index contributed by atoms with van der Waals surface area (Å²) in [6, 6.07) is 17.2. The quantitative estimate of drug-likeness (QED) is 0.589. The van der Waals surface area contributed by atoms with Crippen molar-refractivity contribution in [1.29, 1.82) is 0 Å². The molecule has 0 fully saturated rings. The molecule has 0 aliphatic carbocycles. The lowest BCUT2D eigenvalue weighted by atomic mass is 10.2. The summed E-state index contributed by atoms with van der Waals surface area (Å²) in [7, 11) is 0. The Kier molecular flexibility index (Phi) is 6.75. The molecule has 1 amide bonds. The van der Waals surface area contributed by atoms with Gasteiger partial charge < -0.3 is 4.74 Å². The second-order valence-electron chi connectivity index (χ2n) is 5.19. The summed E-state index contributed by atoms with van der Waals surface area (Å²) in [6.45, 7) is 3.50. The van der Waals surface area contributed by atoms with Gasteiger partial charge >= 0.3 is 0 Å². The highest BCUT2D eigenvalue weighted by molar-refractivity contribution is 9.10. The zero-order chi connectivity index (χ0) is 17.4. The van der Waals surface area contributed by atoms with Crippen LogP contribution >= 0.6 is 15.9 Å². The highest BCUT2D eigenvalue weighted by atomic mass is 79.9. The SMILES string of the molecule is CC(/C=C/c1ccccc1)=N/NC(=O)[C@@H](C)Oc1ccc(Br)cc1. The largest absolute Gasteiger partial charge is 0.481 e. The van der Waals surface area contributed by atoms with Crippen molar-refractivity contribution in [3.05, 3.63) is 70.7 Å². The summed E-state index contributed by atoms with van der Waals surface area (Å²) in [5.74, 6) is 0.330. The smallest absolute Gasteiger partial charge is 0.280 e. The van der Waals surface area contributed by atoms with Gasteiger partial charge in [0.05, 0.1) is 5.71 Å². The van der Waals surface area contributed by atoms with Crippen LogP contribution in [0.25, 0.3) is 6.08 Å². The maximum absolute atomic E-state index is 12.0. The molecule has 0 spiro atoms. The first-order valence-electron chi connectivity index (χ1n) is 7.54. The molecule has 2 aromatic carbocycles. The molecule has 0 aromatic heterocycles. The Morgan fingerprint density at radius 1 is 1.17 bits per heavy atom. The molecule has 1 atom stereocenters. The Labute approximate surface area is 150 Å². The molecular weight excluding hydrogens is 368 g/mol. The highest BCUT2D eigenvalue weighted by Crippen LogP contribution is 2.17. The molecule has 0 heterocycles. The minimum absolute atomic E-state index is 0.301. The first-order valence-corrected chi connectivity index (χ1v) is 8.33. The molecule has 0 aliphatic heterocycles. The maximum Gasteiger partial charge on any atom is 0.280 e. The summed E-state index contributed by atoms with van der Waals surface area (Å²) in [5.41, 5.74) is 4.29. The van der Waals surface area contributed by atoms with Crippen molar-refractivity contribution in [2.75, 3.05) is 0 Å². The maximum atomic E-state index is 12.0. The molecular formula is C19H19BrN2O2. The van der Waals surface area contributed by atoms with E-state index in [0.717, 1.165) is 10.0 Å². The van der Waals surface area contributed by atoms with Crippen molar-refractivity contribution >= 4 is 33.6 Å². The van der Waals surface area contributed by atoms with Crippen LogP contribution in [0.3, 0.4) is 0 Å². The van der Waals surface area contributed by atoms with Crippen LogP contribution in [0.5, 0.6) is 5.75 Å². The lowest BCUT2D eigenvalue weighted by molar-refractivity contribution is -0.127. The number of nitrogens with one attached hydrogen (secondary N) is 1. The van der Waals surface area contributed by atoms with Crippen LogP contribution in [0.1, 0.15) is 19.4 Å². The van der Waals surface area contributed by atoms with Gasteiger partial charge in [0.1, 0.15) is 5.75 Å². The van der Waals surface area contributed by atoms with Gasteiger partial charge in [0.25, 0.3) is 5.91 Å². The minimum Gasteiger partial charge on any atom is -0.481 e. The Hall–Kier alpha value is -2.40. The van der Waals surface area contributed by atoms with Crippen molar-refractivity contribution in [2.24, 2.45) is 5.10 Å². The molecule has 0 saturated heterocycles. The normalized spacial score (nSPS) is 12.9. The second kappa shape index (κ2) is 9.03. The number of hydrogen-bond acceptors (Lipinski definition) is 3. The lowest BCUT2D eigenvalue weighted by Gasteiger charge is -2.13. The van der Waals surface area contributed by atoms with Gasteiger partial charge in [0.15, 0.2) is 6.10 Å². The van der Waals surface area contributed by atoms with Gasteiger partial charge in [-0.25, -0.2) is 5.43 Å². The van der Waals surface area contributed by atoms with E-state index in [1.165, 1.54) is 0 Å². The van der Waals surface area contributed by atoms with Crippen molar-refractivity contribution in [3.8, 4) is 5.75 Å². The predicted octanol–water partition coefficient (Wildman–Crippen LogP) is 4.42. The van der Waals surface area contributed by atoms with Crippen LogP contribution in [-0.2, 0) is 4.79 Å². The van der Waals surface area contributed by atoms with Crippen LogP contribution in [0.15, 0.2) is 70.2 Å². The molecule has 2 aromatic rings. The van der Waals surface area contributed by atoms with Crippen molar-refractivity contribution in [2.45, 2.75) is 20.0 Å². The van der Waals surface area contributed by atoms with Crippen LogP contribution in [-0.4, -0.2) is 17.7 Å². The van der Waals surface area contributed by atoms with Crippen LogP contribution < -0.4 is 10.2 Å². The van der Waals surface area contributed by atoms with Gasteiger partial charge in [-0.2, -0.15) is 5.10 Å². The monoisotopic (exact) mass is 386 g/mol. The number of hydrogen-bond donors (Lipinski definition) is 1. The van der Waals surface area contributed by atoms with Gasteiger partial charge in [-0.3, -0.25) is 4.79 Å². The summed E-state index contributed by atoms with van der Waals surface area (Å²) >= 11 is 3.35. The Morgan fingerprint density at radius 2 is 1.83 bits per heavy atom. The third kappa shape index (κ3) is 6.01. The van der Waals surface area contributed by atoms with E-state index in [9.17, 15) is 4.79 Å². The van der Waals surface area contributed by atoms with Crippen LogP contribution in [0.2, 0.25) is 0 Å². The standard InChI is InChI=1S/C19H19BrN2O2/c1-14(8-9-16-6-4-3-5-7-16)21-22-19(23)15(2)24-18-12-10-17(20)11-13-18/h3-13,15H,1-2H3,(H,22,23)/b9-8+,21-14-/t15-/m1/s1. The van der Waals surface area contributed by atoms with Crippen molar-refractivity contribution in [3.63, 3.8) is 0 Å². The van der Waals surface area contributed by atoms with E-state index in [4.69, 9.17) is 4.74 Å². The molecule has 1 N–H and O–H groups in total. The molecule has 0 unspecified atom stereocenters. The Balaban J connectivity index is 1.86. The van der Waals surface area contributed by atoms with E-state index in [1.54, 1.807) is 19.1 Å². The third-order valence-electron chi connectivity index (χ3n) is 3.15. The summed E-state index contributed by atoms with van der Waals surface area (Å²) in [5, 5.41) is 4.06. The van der Waals surface area contributed by atoms with Gasteiger partial charge in [-0.05, 0) is 49.8 Å². The summed E-state index contributed by atoms with van der Waals surface area (Å²) < 4.78 is 6.53. The van der Waals surface area contributed by atoms with E-state index in [2.05, 4.69) is 26.5 Å². The fourth-order valence-electron chi connectivity index (χ4n) is 1.82. The number of carbonyl (C=O) groups excluding carboxylic acids is 1. The fraction of sp³-hybridized carbons (Fsp3) is 0.158. The van der Waals surface area contributed by atoms with Crippen LogP contribution in [0.4, 0.5) is 0 Å². The zero-order valence-corrected chi connectivity index (χ0v) is 15.2. The minimum atomic E-state index is -0.638. The Bertz CT molecular complexity index is 725. The topological polar surface area (TPSA) is 50.7 Å². The van der Waals surface area contributed by atoms with E-state index >= 15 is 0 Å². The van der Waals surface area contributed by atoms with E-state index in [0.29, 0.717) is 11.5 Å². The predicted molar refractivity (Wildman–Crippen MR) is 101 cm³/mol. The van der Waals surface area contributed by atoms with Crippen molar-refractivity contribution in [1.82, 2.24) is 5.43 Å². The van der Waals surface area contributed by atoms with E-state index in [-0.39, 0.29) is 5.91 Å². The van der Waals surface area contributed by atoms with Gasteiger partial charge in [-0.1, -0.05) is 52.3 Å². The summed E-state index contributed by atoms with van der Waals surface area (Å²) in [4.78, 5) is 12.0. The first-order chi connectivity index (χ1) is 11.5. The lowest BCUT2D eigenvalue weighted by Crippen LogP contribution is -2.33. The molecule has 0 radical (unpaired) electrons. The average molecular weight is 387 g/mol. The molecule has 5 heteroatoms. The van der Waals surface area contributed by atoms with E-state index in [1.807, 2.05) is 61.5 Å². The van der Waals surface area contributed by atoms with Gasteiger partial charge in [0, 0.05) is 4.47 Å². The number of carbonyl (C=O) groups is 1. The number of benzene rings is 2. The van der Waals surface area contributed by atoms with Crippen molar-refractivity contribution < 1.29 is 9.53 Å². The van der Waals surface area contributed by atoms with Crippen LogP contribution in [0, 0.1) is 0 Å². The van der Waals surface area contributed by atoms with Gasteiger partial charge in [-0.15, -0.1) is 0 Å². The Morgan fingerprint density at radius 3 is 2.50 bits per heavy atom. The number of amides is 1. The zero-order valence-electron chi connectivity index (χ0n) is 13.6. The number of rotatable bonds is 6. The van der Waals surface area contributed by atoms with Gasteiger partial charge in [0.2, 0.25) is 0 Å². The average Bonchev–Trinajstić information content (AvgIpc) is 2.60. The molecule has 2 rings (SSSR count). The fourth-order valence-corrected chi connectivity index (χ4v) is 2.09. The number of nitrogens with zero attached hydrogens (tertiary/aromatic N) is 1. The summed E-state index contributed by atoms with van der Waals surface area (Å²) in [6.07, 6.45) is 3.14. The molecule has 4 nitrogen and oxygen atoms in total. The third-order valence-corrected chi connectivity index (χ3v) is 3.68. The molecule has 0 saturated carbocycles. The number of hydrazone groups is 1. The highest BCUT2D eigenvalue weighted by Gasteiger charge is 2.13. The molecule has 24 heavy (non-hydrogen) atoms. The molecule has 124 valence electrons. The molecule has 0 aliphatic rings. The number of halogens is 1. The number of allylic oxidation sites excluding steroid dienone is 1. The van der Waals surface area contributed by atoms with E-state index < -0.39 is 6.10 Å². The first kappa shape index (κ1) is 17.9.